The molecule has 0 unspecified atom stereocenters. The van der Waals surface area contributed by atoms with E-state index in [0.717, 1.165) is 54.7 Å². The Kier molecular flexibility index (Phi) is 8.95. The van der Waals surface area contributed by atoms with Gasteiger partial charge in [-0.2, -0.15) is 5.10 Å². The molecule has 1 heterocycles. The predicted molar refractivity (Wildman–Crippen MR) is 129 cm³/mol. The van der Waals surface area contributed by atoms with Gasteiger partial charge in [-0.15, -0.1) is 24.0 Å². The second kappa shape index (κ2) is 11.0. The van der Waals surface area contributed by atoms with Crippen LogP contribution in [0.25, 0.3) is 5.69 Å². The molecule has 2 N–H and O–H groups in total. The van der Waals surface area contributed by atoms with Crippen molar-refractivity contribution in [3.05, 3.63) is 47.3 Å². The molecule has 1 aromatic carbocycles. The van der Waals surface area contributed by atoms with Crippen LogP contribution in [0.15, 0.2) is 35.3 Å². The summed E-state index contributed by atoms with van der Waals surface area (Å²) in [6.07, 6.45) is 3.64. The van der Waals surface area contributed by atoms with Gasteiger partial charge in [-0.1, -0.05) is 18.2 Å². The highest BCUT2D eigenvalue weighted by Crippen LogP contribution is 2.48. The molecule has 1 aliphatic carbocycles. The fraction of sp³-hybridized carbons (Fsp3) is 0.545. The monoisotopic (exact) mass is 511 g/mol. The first kappa shape index (κ1) is 23.7. The number of nitrogens with zero attached hydrogens (tertiary/aromatic N) is 3. The number of nitrogens with one attached hydrogen (secondary N) is 2. The van der Waals surface area contributed by atoms with Gasteiger partial charge in [0.1, 0.15) is 0 Å². The van der Waals surface area contributed by atoms with Gasteiger partial charge in [-0.25, -0.2) is 9.67 Å². The first-order valence-electron chi connectivity index (χ1n) is 10.2. The molecule has 6 nitrogen and oxygen atoms in total. The van der Waals surface area contributed by atoms with Crippen molar-refractivity contribution in [1.82, 2.24) is 20.4 Å². The third kappa shape index (κ3) is 6.44. The Morgan fingerprint density at radius 2 is 2.00 bits per heavy atom. The highest BCUT2D eigenvalue weighted by molar-refractivity contribution is 14.0. The van der Waals surface area contributed by atoms with Gasteiger partial charge in [-0.3, -0.25) is 0 Å². The number of aryl methyl sites for hydroxylation is 2. The number of para-hydroxylation sites is 1. The number of rotatable bonds is 9. The number of guanidine groups is 1. The van der Waals surface area contributed by atoms with E-state index in [1.807, 2.05) is 11.6 Å². The van der Waals surface area contributed by atoms with Crippen molar-refractivity contribution in [2.24, 2.45) is 10.4 Å². The Labute approximate surface area is 191 Å². The van der Waals surface area contributed by atoms with Crippen LogP contribution in [-0.2, 0) is 11.3 Å². The Morgan fingerprint density at radius 3 is 2.62 bits per heavy atom. The number of aromatic nitrogens is 2. The maximum atomic E-state index is 5.26. The van der Waals surface area contributed by atoms with Crippen LogP contribution in [0, 0.1) is 19.3 Å². The van der Waals surface area contributed by atoms with Gasteiger partial charge in [0.05, 0.1) is 17.9 Å². The fourth-order valence-corrected chi connectivity index (χ4v) is 3.51. The fourth-order valence-electron chi connectivity index (χ4n) is 3.51. The molecule has 1 saturated carbocycles. The Bertz CT molecular complexity index is 813. The van der Waals surface area contributed by atoms with Gasteiger partial charge in [0.15, 0.2) is 5.96 Å². The Hall–Kier alpha value is -1.61. The molecule has 1 aromatic heterocycles. The maximum Gasteiger partial charge on any atom is 0.191 e. The van der Waals surface area contributed by atoms with E-state index in [-0.39, 0.29) is 24.0 Å². The van der Waals surface area contributed by atoms with Crippen molar-refractivity contribution in [2.45, 2.75) is 46.6 Å². The summed E-state index contributed by atoms with van der Waals surface area (Å²) in [6.45, 7) is 9.42. The lowest BCUT2D eigenvalue weighted by molar-refractivity contribution is 0.172. The number of ether oxygens (including phenoxy) is 1. The largest absolute Gasteiger partial charge is 0.385 e. The van der Waals surface area contributed by atoms with E-state index in [2.05, 4.69) is 59.9 Å². The molecular formula is C22H34IN5O. The molecule has 0 spiro atoms. The van der Waals surface area contributed by atoms with Crippen LogP contribution in [0.3, 0.4) is 0 Å². The SMILES string of the molecule is CCNC(=NCc1ccccc1-n1nc(C)cc1C)NCC1(CCOC)CC1.I. The molecule has 0 atom stereocenters. The molecule has 160 valence electrons. The summed E-state index contributed by atoms with van der Waals surface area (Å²) < 4.78 is 7.27. The number of aliphatic imine (C=N–C) groups is 1. The van der Waals surface area contributed by atoms with E-state index < -0.39 is 0 Å². The quantitative estimate of drug-likeness (QED) is 0.304. The van der Waals surface area contributed by atoms with Crippen molar-refractivity contribution >= 4 is 29.9 Å². The molecule has 29 heavy (non-hydrogen) atoms. The minimum atomic E-state index is 0. The van der Waals surface area contributed by atoms with Crippen molar-refractivity contribution in [2.75, 3.05) is 26.8 Å². The van der Waals surface area contributed by atoms with E-state index >= 15 is 0 Å². The first-order valence-corrected chi connectivity index (χ1v) is 10.2. The molecule has 2 aromatic rings. The van der Waals surface area contributed by atoms with E-state index in [0.29, 0.717) is 12.0 Å². The third-order valence-corrected chi connectivity index (χ3v) is 5.41. The number of hydrogen-bond donors (Lipinski definition) is 2. The molecule has 7 heteroatoms. The van der Waals surface area contributed by atoms with Gasteiger partial charge >= 0.3 is 0 Å². The van der Waals surface area contributed by atoms with Crippen LogP contribution >= 0.6 is 24.0 Å². The molecule has 1 aliphatic rings. The van der Waals surface area contributed by atoms with Crippen molar-refractivity contribution in [3.63, 3.8) is 0 Å². The number of halogens is 1. The zero-order chi connectivity index (χ0) is 20.0. The Balaban J connectivity index is 0.00000300. The Morgan fingerprint density at radius 1 is 1.24 bits per heavy atom. The lowest BCUT2D eigenvalue weighted by Gasteiger charge is -2.18. The molecule has 0 amide bonds. The van der Waals surface area contributed by atoms with Gasteiger partial charge in [0.25, 0.3) is 0 Å². The summed E-state index contributed by atoms with van der Waals surface area (Å²) in [5.41, 5.74) is 4.79. The lowest BCUT2D eigenvalue weighted by atomic mass is 10.0. The van der Waals surface area contributed by atoms with E-state index in [9.17, 15) is 0 Å². The molecule has 0 aliphatic heterocycles. The predicted octanol–water partition coefficient (Wildman–Crippen LogP) is 3.98. The number of benzene rings is 1. The highest BCUT2D eigenvalue weighted by atomic mass is 127. The second-order valence-electron chi connectivity index (χ2n) is 7.76. The highest BCUT2D eigenvalue weighted by Gasteiger charge is 2.41. The van der Waals surface area contributed by atoms with Gasteiger partial charge < -0.3 is 15.4 Å². The molecular weight excluding hydrogens is 477 g/mol. The van der Waals surface area contributed by atoms with Crippen molar-refractivity contribution in [3.8, 4) is 5.69 Å². The molecule has 3 rings (SSSR count). The van der Waals surface area contributed by atoms with E-state index in [1.165, 1.54) is 12.8 Å². The molecule has 0 radical (unpaired) electrons. The number of methoxy groups -OCH3 is 1. The normalized spacial score (nSPS) is 15.0. The lowest BCUT2D eigenvalue weighted by Crippen LogP contribution is -2.40. The third-order valence-electron chi connectivity index (χ3n) is 5.41. The average molecular weight is 511 g/mol. The summed E-state index contributed by atoms with van der Waals surface area (Å²) in [6, 6.07) is 10.4. The van der Waals surface area contributed by atoms with Crippen LogP contribution in [-0.4, -0.2) is 42.5 Å². The summed E-state index contributed by atoms with van der Waals surface area (Å²) >= 11 is 0. The zero-order valence-electron chi connectivity index (χ0n) is 18.0. The van der Waals surface area contributed by atoms with Gasteiger partial charge in [0.2, 0.25) is 0 Å². The van der Waals surface area contributed by atoms with E-state index in [1.54, 1.807) is 7.11 Å². The molecule has 0 saturated heterocycles. The standard InChI is InChI=1S/C22H33N5O.HI/c1-5-23-21(25-16-22(10-11-22)12-13-28-4)24-15-19-8-6-7-9-20(19)27-18(3)14-17(2)26-27;/h6-9,14H,5,10-13,15-16H2,1-4H3,(H2,23,24,25);1H. The van der Waals surface area contributed by atoms with Crippen LogP contribution in [0.1, 0.15) is 43.1 Å². The minimum absolute atomic E-state index is 0. The average Bonchev–Trinajstić information content (AvgIpc) is 3.39. The van der Waals surface area contributed by atoms with Gasteiger partial charge in [0, 0.05) is 32.5 Å². The van der Waals surface area contributed by atoms with Crippen LogP contribution in [0.4, 0.5) is 0 Å². The maximum absolute atomic E-state index is 5.26. The smallest absolute Gasteiger partial charge is 0.191 e. The second-order valence-corrected chi connectivity index (χ2v) is 7.76. The summed E-state index contributed by atoms with van der Waals surface area (Å²) in [7, 11) is 1.77. The first-order chi connectivity index (χ1) is 13.6. The molecule has 0 bridgehead atoms. The molecule has 1 fully saturated rings. The summed E-state index contributed by atoms with van der Waals surface area (Å²) in [5.74, 6) is 0.870. The minimum Gasteiger partial charge on any atom is -0.385 e. The number of hydrogen-bond acceptors (Lipinski definition) is 3. The topological polar surface area (TPSA) is 63.5 Å². The van der Waals surface area contributed by atoms with E-state index in [4.69, 9.17) is 9.73 Å². The van der Waals surface area contributed by atoms with Crippen LogP contribution < -0.4 is 10.6 Å². The zero-order valence-corrected chi connectivity index (χ0v) is 20.3. The van der Waals surface area contributed by atoms with Crippen LogP contribution in [0.5, 0.6) is 0 Å². The van der Waals surface area contributed by atoms with Crippen molar-refractivity contribution in [1.29, 1.82) is 0 Å². The van der Waals surface area contributed by atoms with Gasteiger partial charge in [-0.05, 0) is 63.1 Å². The summed E-state index contributed by atoms with van der Waals surface area (Å²) in [4.78, 5) is 4.84. The van der Waals surface area contributed by atoms with Crippen molar-refractivity contribution < 1.29 is 4.74 Å². The summed E-state index contributed by atoms with van der Waals surface area (Å²) in [5, 5.41) is 11.5. The van der Waals surface area contributed by atoms with Crippen LogP contribution in [0.2, 0.25) is 0 Å².